The SMILES string of the molecule is CCCCCN(c1ccc(C(C)NC)nc1)C(C)C. The Hall–Kier alpha value is -1.09. The molecule has 1 aromatic heterocycles. The van der Waals surface area contributed by atoms with E-state index in [1.54, 1.807) is 0 Å². The molecular formula is C16H29N3. The normalized spacial score (nSPS) is 12.7. The number of hydrogen-bond acceptors (Lipinski definition) is 3. The number of nitrogens with zero attached hydrogens (tertiary/aromatic N) is 2. The summed E-state index contributed by atoms with van der Waals surface area (Å²) in [7, 11) is 1.96. The highest BCUT2D eigenvalue weighted by Crippen LogP contribution is 2.19. The molecule has 1 heterocycles. The molecule has 0 amide bonds. The summed E-state index contributed by atoms with van der Waals surface area (Å²) in [4.78, 5) is 7.02. The van der Waals surface area contributed by atoms with E-state index in [-0.39, 0.29) is 0 Å². The van der Waals surface area contributed by atoms with E-state index in [2.05, 4.69) is 55.0 Å². The van der Waals surface area contributed by atoms with Gasteiger partial charge < -0.3 is 10.2 Å². The predicted octanol–water partition coefficient (Wildman–Crippen LogP) is 3.77. The average molecular weight is 263 g/mol. The summed E-state index contributed by atoms with van der Waals surface area (Å²) in [6.45, 7) is 9.99. The maximum Gasteiger partial charge on any atom is 0.0571 e. The topological polar surface area (TPSA) is 28.2 Å². The van der Waals surface area contributed by atoms with E-state index in [4.69, 9.17) is 0 Å². The van der Waals surface area contributed by atoms with Crippen LogP contribution >= 0.6 is 0 Å². The average Bonchev–Trinajstić information content (AvgIpc) is 2.42. The second-order valence-corrected chi connectivity index (χ2v) is 5.45. The highest BCUT2D eigenvalue weighted by Gasteiger charge is 2.11. The number of hydrogen-bond donors (Lipinski definition) is 1. The van der Waals surface area contributed by atoms with E-state index in [0.29, 0.717) is 12.1 Å². The summed E-state index contributed by atoms with van der Waals surface area (Å²) >= 11 is 0. The van der Waals surface area contributed by atoms with Crippen LogP contribution in [-0.2, 0) is 0 Å². The van der Waals surface area contributed by atoms with Crippen molar-refractivity contribution in [3.8, 4) is 0 Å². The number of rotatable bonds is 8. The van der Waals surface area contributed by atoms with Crippen LogP contribution in [-0.4, -0.2) is 24.6 Å². The monoisotopic (exact) mass is 263 g/mol. The molecule has 3 nitrogen and oxygen atoms in total. The first-order valence-corrected chi connectivity index (χ1v) is 7.50. The van der Waals surface area contributed by atoms with E-state index in [1.165, 1.54) is 24.9 Å². The Bertz CT molecular complexity index is 346. The molecule has 1 rings (SSSR count). The van der Waals surface area contributed by atoms with Crippen molar-refractivity contribution >= 4 is 5.69 Å². The molecule has 0 saturated heterocycles. The summed E-state index contributed by atoms with van der Waals surface area (Å²) < 4.78 is 0. The summed E-state index contributed by atoms with van der Waals surface area (Å²) in [6.07, 6.45) is 5.83. The Balaban J connectivity index is 2.74. The number of nitrogens with one attached hydrogen (secondary N) is 1. The number of aromatic nitrogens is 1. The van der Waals surface area contributed by atoms with E-state index >= 15 is 0 Å². The zero-order valence-electron chi connectivity index (χ0n) is 13.1. The summed E-state index contributed by atoms with van der Waals surface area (Å²) in [5.41, 5.74) is 2.33. The molecule has 1 atom stereocenters. The Labute approximate surface area is 118 Å². The number of anilines is 1. The lowest BCUT2D eigenvalue weighted by Crippen LogP contribution is -2.31. The molecule has 0 saturated carbocycles. The van der Waals surface area contributed by atoms with Crippen LogP contribution in [0.25, 0.3) is 0 Å². The van der Waals surface area contributed by atoms with Gasteiger partial charge in [-0.3, -0.25) is 4.98 Å². The molecule has 1 aromatic rings. The highest BCUT2D eigenvalue weighted by atomic mass is 15.2. The Kier molecular flexibility index (Phi) is 6.85. The summed E-state index contributed by atoms with van der Waals surface area (Å²) in [5, 5.41) is 3.22. The van der Waals surface area contributed by atoms with Gasteiger partial charge in [-0.2, -0.15) is 0 Å². The Morgan fingerprint density at radius 3 is 2.42 bits per heavy atom. The second kappa shape index (κ2) is 8.16. The first-order chi connectivity index (χ1) is 9.10. The molecule has 0 aliphatic rings. The molecule has 0 aliphatic heterocycles. The Morgan fingerprint density at radius 1 is 1.21 bits per heavy atom. The first kappa shape index (κ1) is 16.0. The minimum Gasteiger partial charge on any atom is -0.368 e. The zero-order chi connectivity index (χ0) is 14.3. The van der Waals surface area contributed by atoms with Gasteiger partial charge in [0.05, 0.1) is 17.6 Å². The molecule has 0 bridgehead atoms. The smallest absolute Gasteiger partial charge is 0.0571 e. The van der Waals surface area contributed by atoms with Crippen molar-refractivity contribution < 1.29 is 0 Å². The standard InChI is InChI=1S/C16H29N3/c1-6-7-8-11-19(13(2)3)15-9-10-16(18-12-15)14(4)17-5/h9-10,12-14,17H,6-8,11H2,1-5H3. The van der Waals surface area contributed by atoms with Gasteiger partial charge in [-0.05, 0) is 46.4 Å². The molecule has 19 heavy (non-hydrogen) atoms. The van der Waals surface area contributed by atoms with Crippen LogP contribution in [0.1, 0.15) is 58.7 Å². The van der Waals surface area contributed by atoms with Crippen LogP contribution in [0.2, 0.25) is 0 Å². The highest BCUT2D eigenvalue weighted by molar-refractivity contribution is 5.45. The maximum atomic E-state index is 4.58. The second-order valence-electron chi connectivity index (χ2n) is 5.45. The lowest BCUT2D eigenvalue weighted by molar-refractivity contribution is 0.618. The van der Waals surface area contributed by atoms with Gasteiger partial charge in [0.15, 0.2) is 0 Å². The van der Waals surface area contributed by atoms with E-state index in [0.717, 1.165) is 12.2 Å². The third kappa shape index (κ3) is 4.83. The number of unbranched alkanes of at least 4 members (excludes halogenated alkanes) is 2. The molecule has 0 radical (unpaired) electrons. The van der Waals surface area contributed by atoms with Crippen molar-refractivity contribution in [3.63, 3.8) is 0 Å². The molecule has 0 fully saturated rings. The first-order valence-electron chi connectivity index (χ1n) is 7.50. The molecule has 3 heteroatoms. The van der Waals surface area contributed by atoms with Gasteiger partial charge in [0.1, 0.15) is 0 Å². The lowest BCUT2D eigenvalue weighted by atomic mass is 10.1. The van der Waals surface area contributed by atoms with E-state index in [9.17, 15) is 0 Å². The molecule has 0 spiro atoms. The van der Waals surface area contributed by atoms with Crippen molar-refractivity contribution in [3.05, 3.63) is 24.0 Å². The van der Waals surface area contributed by atoms with Gasteiger partial charge in [0.2, 0.25) is 0 Å². The fourth-order valence-corrected chi connectivity index (χ4v) is 2.19. The van der Waals surface area contributed by atoms with Crippen molar-refractivity contribution in [1.29, 1.82) is 0 Å². The molecule has 0 aliphatic carbocycles. The van der Waals surface area contributed by atoms with Crippen molar-refractivity contribution in [2.45, 2.75) is 59.0 Å². The Morgan fingerprint density at radius 2 is 1.95 bits per heavy atom. The van der Waals surface area contributed by atoms with Gasteiger partial charge in [-0.1, -0.05) is 19.8 Å². The van der Waals surface area contributed by atoms with Gasteiger partial charge in [-0.15, -0.1) is 0 Å². The van der Waals surface area contributed by atoms with E-state index < -0.39 is 0 Å². The lowest BCUT2D eigenvalue weighted by Gasteiger charge is -2.29. The fourth-order valence-electron chi connectivity index (χ4n) is 2.19. The third-order valence-electron chi connectivity index (χ3n) is 3.60. The molecular weight excluding hydrogens is 234 g/mol. The van der Waals surface area contributed by atoms with Gasteiger partial charge in [0.25, 0.3) is 0 Å². The molecule has 1 unspecified atom stereocenters. The van der Waals surface area contributed by atoms with Crippen LogP contribution < -0.4 is 10.2 Å². The predicted molar refractivity (Wildman–Crippen MR) is 83.7 cm³/mol. The minimum atomic E-state index is 0.307. The fraction of sp³-hybridized carbons (Fsp3) is 0.688. The summed E-state index contributed by atoms with van der Waals surface area (Å²) in [5.74, 6) is 0. The number of pyridine rings is 1. The van der Waals surface area contributed by atoms with Gasteiger partial charge >= 0.3 is 0 Å². The molecule has 0 aromatic carbocycles. The zero-order valence-corrected chi connectivity index (χ0v) is 13.1. The van der Waals surface area contributed by atoms with Crippen LogP contribution in [0, 0.1) is 0 Å². The van der Waals surface area contributed by atoms with E-state index in [1.807, 2.05) is 13.2 Å². The van der Waals surface area contributed by atoms with Crippen LogP contribution in [0.15, 0.2) is 18.3 Å². The van der Waals surface area contributed by atoms with Crippen LogP contribution in [0.4, 0.5) is 5.69 Å². The molecule has 1 N–H and O–H groups in total. The molecule has 108 valence electrons. The van der Waals surface area contributed by atoms with Crippen molar-refractivity contribution in [2.75, 3.05) is 18.5 Å². The summed E-state index contributed by atoms with van der Waals surface area (Å²) in [6, 6.07) is 5.15. The largest absolute Gasteiger partial charge is 0.368 e. The quantitative estimate of drug-likeness (QED) is 0.724. The van der Waals surface area contributed by atoms with Crippen molar-refractivity contribution in [1.82, 2.24) is 10.3 Å². The third-order valence-corrected chi connectivity index (χ3v) is 3.60. The van der Waals surface area contributed by atoms with Crippen LogP contribution in [0.5, 0.6) is 0 Å². The van der Waals surface area contributed by atoms with Crippen LogP contribution in [0.3, 0.4) is 0 Å². The van der Waals surface area contributed by atoms with Crippen molar-refractivity contribution in [2.24, 2.45) is 0 Å². The minimum absolute atomic E-state index is 0.307. The van der Waals surface area contributed by atoms with Gasteiger partial charge in [0, 0.05) is 18.6 Å². The van der Waals surface area contributed by atoms with Gasteiger partial charge in [-0.25, -0.2) is 0 Å². The maximum absolute atomic E-state index is 4.58.